The van der Waals surface area contributed by atoms with E-state index in [0.717, 1.165) is 4.88 Å². The second kappa shape index (κ2) is 4.09. The van der Waals surface area contributed by atoms with E-state index >= 15 is 0 Å². The zero-order valence-electron chi connectivity index (χ0n) is 7.22. The van der Waals surface area contributed by atoms with Crippen LogP contribution in [0.3, 0.4) is 0 Å². The smallest absolute Gasteiger partial charge is 0.130 e. The number of aromatic nitrogens is 1. The van der Waals surface area contributed by atoms with Gasteiger partial charge in [0.1, 0.15) is 6.10 Å². The summed E-state index contributed by atoms with van der Waals surface area (Å²) >= 11 is 7.15. The lowest BCUT2D eigenvalue weighted by Gasteiger charge is -2.06. The minimum atomic E-state index is -0.673. The van der Waals surface area contributed by atoms with E-state index < -0.39 is 6.10 Å². The number of nitrogens with zero attached hydrogens (tertiary/aromatic N) is 1. The molecule has 0 aliphatic rings. The molecule has 0 bridgehead atoms. The second-order valence-corrected chi connectivity index (χ2v) is 4.55. The summed E-state index contributed by atoms with van der Waals surface area (Å²) in [7, 11) is 0. The standard InChI is InChI=1S/C10H8ClNOS/c11-9-5-4-8(14-9)10(13)7-3-1-2-6-12-7/h1-6,10,13H. The molecule has 1 atom stereocenters. The van der Waals surface area contributed by atoms with Gasteiger partial charge in [-0.25, -0.2) is 0 Å². The summed E-state index contributed by atoms with van der Waals surface area (Å²) in [5, 5.41) is 9.89. The first-order valence-corrected chi connectivity index (χ1v) is 5.31. The van der Waals surface area contributed by atoms with Crippen molar-refractivity contribution in [1.29, 1.82) is 0 Å². The van der Waals surface area contributed by atoms with E-state index in [1.807, 2.05) is 18.2 Å². The highest BCUT2D eigenvalue weighted by atomic mass is 35.5. The normalized spacial score (nSPS) is 12.7. The third-order valence-corrected chi connectivity index (χ3v) is 3.11. The van der Waals surface area contributed by atoms with Crippen molar-refractivity contribution in [2.45, 2.75) is 6.10 Å². The lowest BCUT2D eigenvalue weighted by molar-refractivity contribution is 0.219. The lowest BCUT2D eigenvalue weighted by Crippen LogP contribution is -1.98. The summed E-state index contributed by atoms with van der Waals surface area (Å²) in [5.41, 5.74) is 0.644. The fourth-order valence-electron chi connectivity index (χ4n) is 1.16. The Morgan fingerprint density at radius 1 is 1.29 bits per heavy atom. The van der Waals surface area contributed by atoms with Crippen molar-refractivity contribution in [2.24, 2.45) is 0 Å². The van der Waals surface area contributed by atoms with Crippen molar-refractivity contribution in [2.75, 3.05) is 0 Å². The number of aliphatic hydroxyl groups excluding tert-OH is 1. The predicted octanol–water partition coefficient (Wildman–Crippen LogP) is 2.88. The molecule has 14 heavy (non-hydrogen) atoms. The van der Waals surface area contributed by atoms with Crippen molar-refractivity contribution in [3.05, 3.63) is 51.4 Å². The molecule has 0 aliphatic carbocycles. The second-order valence-electron chi connectivity index (χ2n) is 2.80. The van der Waals surface area contributed by atoms with Gasteiger partial charge in [-0.15, -0.1) is 11.3 Å². The molecule has 0 amide bonds. The van der Waals surface area contributed by atoms with Crippen molar-refractivity contribution in [3.8, 4) is 0 Å². The number of hydrogen-bond acceptors (Lipinski definition) is 3. The molecule has 0 radical (unpaired) electrons. The molecule has 0 aromatic carbocycles. The van der Waals surface area contributed by atoms with E-state index in [4.69, 9.17) is 11.6 Å². The van der Waals surface area contributed by atoms with Gasteiger partial charge in [-0.1, -0.05) is 17.7 Å². The molecule has 0 spiro atoms. The van der Waals surface area contributed by atoms with Crippen LogP contribution in [0.1, 0.15) is 16.7 Å². The van der Waals surface area contributed by atoms with Gasteiger partial charge in [-0.3, -0.25) is 4.98 Å². The summed E-state index contributed by atoms with van der Waals surface area (Å²) in [4.78, 5) is 4.89. The fourth-order valence-corrected chi connectivity index (χ4v) is 2.22. The first-order valence-electron chi connectivity index (χ1n) is 4.11. The Hall–Kier alpha value is -0.900. The SMILES string of the molecule is OC(c1ccccn1)c1ccc(Cl)s1. The molecule has 2 aromatic rings. The Kier molecular flexibility index (Phi) is 2.82. The Morgan fingerprint density at radius 2 is 2.14 bits per heavy atom. The Bertz CT molecular complexity index is 415. The molecular weight excluding hydrogens is 218 g/mol. The number of hydrogen-bond donors (Lipinski definition) is 1. The van der Waals surface area contributed by atoms with Gasteiger partial charge in [-0.05, 0) is 24.3 Å². The maximum absolute atomic E-state index is 9.89. The Balaban J connectivity index is 2.29. The molecule has 0 aliphatic heterocycles. The van der Waals surface area contributed by atoms with E-state index in [1.54, 1.807) is 18.3 Å². The van der Waals surface area contributed by atoms with Crippen LogP contribution in [0.15, 0.2) is 36.5 Å². The lowest BCUT2D eigenvalue weighted by atomic mass is 10.2. The van der Waals surface area contributed by atoms with Gasteiger partial charge in [-0.2, -0.15) is 0 Å². The summed E-state index contributed by atoms with van der Waals surface area (Å²) < 4.78 is 0.676. The van der Waals surface area contributed by atoms with Crippen LogP contribution in [0.5, 0.6) is 0 Å². The van der Waals surface area contributed by atoms with Crippen LogP contribution < -0.4 is 0 Å². The zero-order chi connectivity index (χ0) is 9.97. The average molecular weight is 226 g/mol. The van der Waals surface area contributed by atoms with Gasteiger partial charge >= 0.3 is 0 Å². The summed E-state index contributed by atoms with van der Waals surface area (Å²) in [6.45, 7) is 0. The highest BCUT2D eigenvalue weighted by Crippen LogP contribution is 2.29. The number of halogens is 1. The topological polar surface area (TPSA) is 33.1 Å². The highest BCUT2D eigenvalue weighted by Gasteiger charge is 2.12. The van der Waals surface area contributed by atoms with Crippen molar-refractivity contribution in [1.82, 2.24) is 4.98 Å². The number of pyridine rings is 1. The van der Waals surface area contributed by atoms with Gasteiger partial charge in [0.15, 0.2) is 0 Å². The van der Waals surface area contributed by atoms with E-state index in [1.165, 1.54) is 11.3 Å². The first kappa shape index (κ1) is 9.65. The van der Waals surface area contributed by atoms with Crippen molar-refractivity contribution in [3.63, 3.8) is 0 Å². The van der Waals surface area contributed by atoms with E-state index in [0.29, 0.717) is 10.0 Å². The molecule has 0 fully saturated rings. The summed E-state index contributed by atoms with van der Waals surface area (Å²) in [6.07, 6.45) is 0.988. The van der Waals surface area contributed by atoms with Crippen LogP contribution in [0, 0.1) is 0 Å². The van der Waals surface area contributed by atoms with Crippen LogP contribution in [0.2, 0.25) is 4.34 Å². The Morgan fingerprint density at radius 3 is 2.71 bits per heavy atom. The zero-order valence-corrected chi connectivity index (χ0v) is 8.79. The first-order chi connectivity index (χ1) is 6.77. The van der Waals surface area contributed by atoms with Crippen LogP contribution in [-0.4, -0.2) is 10.1 Å². The Labute approximate surface area is 90.8 Å². The van der Waals surface area contributed by atoms with E-state index in [-0.39, 0.29) is 0 Å². The minimum absolute atomic E-state index is 0.644. The van der Waals surface area contributed by atoms with Gasteiger partial charge in [0.2, 0.25) is 0 Å². The number of thiophene rings is 1. The third-order valence-electron chi connectivity index (χ3n) is 1.83. The van der Waals surface area contributed by atoms with Crippen LogP contribution in [0.4, 0.5) is 0 Å². The monoisotopic (exact) mass is 225 g/mol. The maximum atomic E-state index is 9.89. The van der Waals surface area contributed by atoms with Crippen molar-refractivity contribution >= 4 is 22.9 Å². The molecule has 0 saturated heterocycles. The minimum Gasteiger partial charge on any atom is -0.381 e. The van der Waals surface area contributed by atoms with E-state index in [2.05, 4.69) is 4.98 Å². The molecule has 2 nitrogen and oxygen atoms in total. The van der Waals surface area contributed by atoms with Gasteiger partial charge in [0, 0.05) is 11.1 Å². The van der Waals surface area contributed by atoms with Crippen molar-refractivity contribution < 1.29 is 5.11 Å². The molecule has 0 saturated carbocycles. The van der Waals surface area contributed by atoms with Gasteiger partial charge in [0.25, 0.3) is 0 Å². The molecule has 2 aromatic heterocycles. The fraction of sp³-hybridized carbons (Fsp3) is 0.100. The maximum Gasteiger partial charge on any atom is 0.130 e. The van der Waals surface area contributed by atoms with Crippen LogP contribution in [0.25, 0.3) is 0 Å². The number of rotatable bonds is 2. The molecular formula is C10H8ClNOS. The van der Waals surface area contributed by atoms with Crippen LogP contribution >= 0.6 is 22.9 Å². The third kappa shape index (κ3) is 1.95. The summed E-state index contributed by atoms with van der Waals surface area (Å²) in [6, 6.07) is 9.04. The number of aliphatic hydroxyl groups is 1. The quantitative estimate of drug-likeness (QED) is 0.853. The van der Waals surface area contributed by atoms with E-state index in [9.17, 15) is 5.11 Å². The molecule has 72 valence electrons. The van der Waals surface area contributed by atoms with Gasteiger partial charge < -0.3 is 5.11 Å². The largest absolute Gasteiger partial charge is 0.381 e. The molecule has 4 heteroatoms. The molecule has 1 N–H and O–H groups in total. The van der Waals surface area contributed by atoms with Crippen LogP contribution in [-0.2, 0) is 0 Å². The van der Waals surface area contributed by atoms with Gasteiger partial charge in [0.05, 0.1) is 10.0 Å². The molecule has 1 unspecified atom stereocenters. The predicted molar refractivity (Wildman–Crippen MR) is 57.6 cm³/mol. The average Bonchev–Trinajstić information content (AvgIpc) is 2.65. The highest BCUT2D eigenvalue weighted by molar-refractivity contribution is 7.16. The molecule has 2 rings (SSSR count). The summed E-state index contributed by atoms with van der Waals surface area (Å²) in [5.74, 6) is 0. The molecule has 2 heterocycles.